The maximum Gasteiger partial charge on any atom is 0.320 e. The van der Waals surface area contributed by atoms with E-state index in [4.69, 9.17) is 10.8 Å². The maximum absolute atomic E-state index is 10.7. The van der Waals surface area contributed by atoms with E-state index in [1.165, 1.54) is 7.11 Å². The maximum atomic E-state index is 10.7. The molecular weight excluding hydrogens is 162 g/mol. The molecule has 70 valence electrons. The van der Waals surface area contributed by atoms with Gasteiger partial charge in [0.05, 0.1) is 13.5 Å². The second-order valence-electron chi connectivity index (χ2n) is 2.62. The first-order valence-electron chi connectivity index (χ1n) is 3.54. The van der Waals surface area contributed by atoms with Crippen molar-refractivity contribution in [2.24, 2.45) is 11.7 Å². The van der Waals surface area contributed by atoms with Crippen molar-refractivity contribution in [2.75, 3.05) is 7.11 Å². The van der Waals surface area contributed by atoms with Crippen molar-refractivity contribution in [2.45, 2.75) is 19.4 Å². The summed E-state index contributed by atoms with van der Waals surface area (Å²) in [4.78, 5) is 21.0. The lowest BCUT2D eigenvalue weighted by atomic mass is 9.99. The number of hydrogen-bond acceptors (Lipinski definition) is 4. The van der Waals surface area contributed by atoms with E-state index in [0.717, 1.165) is 0 Å². The molecule has 0 amide bonds. The van der Waals surface area contributed by atoms with Gasteiger partial charge in [-0.3, -0.25) is 9.59 Å². The first kappa shape index (κ1) is 10.9. The van der Waals surface area contributed by atoms with E-state index in [1.807, 2.05) is 0 Å². The number of hydrogen-bond donors (Lipinski definition) is 2. The van der Waals surface area contributed by atoms with Crippen LogP contribution in [0.4, 0.5) is 0 Å². The standard InChI is InChI=1S/C7H13NO4/c1-4(3-5(9)12-2)6(8)7(10)11/h4,6H,3,8H2,1-2H3,(H,10,11)/t4?,6-/m0/s1. The minimum Gasteiger partial charge on any atom is -0.480 e. The molecule has 5 heteroatoms. The van der Waals surface area contributed by atoms with Gasteiger partial charge in [0.15, 0.2) is 0 Å². The topological polar surface area (TPSA) is 89.6 Å². The van der Waals surface area contributed by atoms with E-state index in [-0.39, 0.29) is 6.42 Å². The van der Waals surface area contributed by atoms with Crippen LogP contribution in [0.15, 0.2) is 0 Å². The predicted octanol–water partition coefficient (Wildman–Crippen LogP) is -0.402. The summed E-state index contributed by atoms with van der Waals surface area (Å²) in [6, 6.07) is -1.01. The van der Waals surface area contributed by atoms with Crippen LogP contribution >= 0.6 is 0 Å². The lowest BCUT2D eigenvalue weighted by molar-refractivity contribution is -0.143. The Bertz CT molecular complexity index is 180. The van der Waals surface area contributed by atoms with E-state index in [0.29, 0.717) is 0 Å². The minimum absolute atomic E-state index is 0.0317. The Morgan fingerprint density at radius 2 is 2.08 bits per heavy atom. The highest BCUT2D eigenvalue weighted by atomic mass is 16.5. The molecule has 0 aromatic carbocycles. The molecule has 0 rings (SSSR count). The van der Waals surface area contributed by atoms with Gasteiger partial charge < -0.3 is 15.6 Å². The quantitative estimate of drug-likeness (QED) is 0.567. The smallest absolute Gasteiger partial charge is 0.320 e. The average Bonchev–Trinajstić information content (AvgIpc) is 2.02. The molecule has 0 aromatic heterocycles. The normalized spacial score (nSPS) is 14.9. The van der Waals surface area contributed by atoms with E-state index in [2.05, 4.69) is 4.74 Å². The molecule has 1 unspecified atom stereocenters. The molecular formula is C7H13NO4. The van der Waals surface area contributed by atoms with Gasteiger partial charge in [-0.15, -0.1) is 0 Å². The molecule has 0 saturated carbocycles. The summed E-state index contributed by atoms with van der Waals surface area (Å²) in [6.45, 7) is 1.59. The van der Waals surface area contributed by atoms with Gasteiger partial charge in [0.2, 0.25) is 0 Å². The zero-order chi connectivity index (χ0) is 9.72. The molecule has 3 N–H and O–H groups in total. The summed E-state index contributed by atoms with van der Waals surface area (Å²) in [6.07, 6.45) is 0.0317. The first-order valence-corrected chi connectivity index (χ1v) is 3.54. The van der Waals surface area contributed by atoms with Crippen molar-refractivity contribution in [3.8, 4) is 0 Å². The Kier molecular flexibility index (Phi) is 4.28. The number of carbonyl (C=O) groups excluding carboxylic acids is 1. The molecule has 0 aliphatic rings. The van der Waals surface area contributed by atoms with Crippen LogP contribution in [0.1, 0.15) is 13.3 Å². The van der Waals surface area contributed by atoms with Crippen molar-refractivity contribution >= 4 is 11.9 Å². The predicted molar refractivity (Wildman–Crippen MR) is 41.4 cm³/mol. The minimum atomic E-state index is -1.11. The van der Waals surface area contributed by atoms with Crippen LogP contribution in [-0.4, -0.2) is 30.2 Å². The number of nitrogens with two attached hydrogens (primary N) is 1. The lowest BCUT2D eigenvalue weighted by Crippen LogP contribution is -2.37. The highest BCUT2D eigenvalue weighted by Crippen LogP contribution is 2.07. The van der Waals surface area contributed by atoms with Crippen LogP contribution in [0.25, 0.3) is 0 Å². The van der Waals surface area contributed by atoms with Crippen LogP contribution in [0.2, 0.25) is 0 Å². The molecule has 0 saturated heterocycles. The molecule has 0 bridgehead atoms. The van der Waals surface area contributed by atoms with Crippen LogP contribution in [0.3, 0.4) is 0 Å². The molecule has 0 aromatic rings. The third kappa shape index (κ3) is 3.34. The number of carboxylic acid groups (broad SMARTS) is 1. The fourth-order valence-electron chi connectivity index (χ4n) is 0.717. The van der Waals surface area contributed by atoms with Crippen molar-refractivity contribution in [3.63, 3.8) is 0 Å². The molecule has 2 atom stereocenters. The Labute approximate surface area is 70.5 Å². The number of rotatable bonds is 4. The van der Waals surface area contributed by atoms with Crippen molar-refractivity contribution < 1.29 is 19.4 Å². The number of carboxylic acids is 1. The third-order valence-corrected chi connectivity index (χ3v) is 1.61. The molecule has 0 heterocycles. The van der Waals surface area contributed by atoms with Gasteiger partial charge in [-0.1, -0.05) is 6.92 Å². The average molecular weight is 175 g/mol. The molecule has 0 aliphatic carbocycles. The van der Waals surface area contributed by atoms with Crippen LogP contribution in [0.5, 0.6) is 0 Å². The second-order valence-corrected chi connectivity index (χ2v) is 2.62. The summed E-state index contributed by atoms with van der Waals surface area (Å²) in [5.41, 5.74) is 5.26. The van der Waals surface area contributed by atoms with Gasteiger partial charge in [0.1, 0.15) is 6.04 Å². The lowest BCUT2D eigenvalue weighted by Gasteiger charge is -2.13. The summed E-state index contributed by atoms with van der Waals surface area (Å²) < 4.78 is 4.36. The summed E-state index contributed by atoms with van der Waals surface area (Å²) in [7, 11) is 1.25. The Balaban J connectivity index is 3.94. The molecule has 0 radical (unpaired) electrons. The van der Waals surface area contributed by atoms with Crippen LogP contribution in [0, 0.1) is 5.92 Å². The van der Waals surface area contributed by atoms with E-state index < -0.39 is 23.9 Å². The van der Waals surface area contributed by atoms with Crippen molar-refractivity contribution in [1.82, 2.24) is 0 Å². The second kappa shape index (κ2) is 4.71. The zero-order valence-electron chi connectivity index (χ0n) is 7.11. The van der Waals surface area contributed by atoms with Crippen molar-refractivity contribution in [1.29, 1.82) is 0 Å². The highest BCUT2D eigenvalue weighted by Gasteiger charge is 2.22. The number of methoxy groups -OCH3 is 1. The van der Waals surface area contributed by atoms with E-state index in [1.54, 1.807) is 6.92 Å². The van der Waals surface area contributed by atoms with Gasteiger partial charge in [-0.25, -0.2) is 0 Å². The number of esters is 1. The highest BCUT2D eigenvalue weighted by molar-refractivity contribution is 5.75. The summed E-state index contributed by atoms with van der Waals surface area (Å²) >= 11 is 0. The molecule has 5 nitrogen and oxygen atoms in total. The van der Waals surface area contributed by atoms with Gasteiger partial charge in [-0.05, 0) is 5.92 Å². The Hall–Kier alpha value is -1.10. The third-order valence-electron chi connectivity index (χ3n) is 1.61. The van der Waals surface area contributed by atoms with Gasteiger partial charge in [0, 0.05) is 0 Å². The molecule has 0 fully saturated rings. The monoisotopic (exact) mass is 175 g/mol. The van der Waals surface area contributed by atoms with Crippen LogP contribution < -0.4 is 5.73 Å². The van der Waals surface area contributed by atoms with Crippen molar-refractivity contribution in [3.05, 3.63) is 0 Å². The summed E-state index contributed by atoms with van der Waals surface area (Å²) in [5, 5.41) is 8.46. The SMILES string of the molecule is COC(=O)CC(C)[C@H](N)C(=O)O. The number of aliphatic carboxylic acids is 1. The van der Waals surface area contributed by atoms with Gasteiger partial charge in [-0.2, -0.15) is 0 Å². The van der Waals surface area contributed by atoms with E-state index in [9.17, 15) is 9.59 Å². The fraction of sp³-hybridized carbons (Fsp3) is 0.714. The van der Waals surface area contributed by atoms with Gasteiger partial charge >= 0.3 is 11.9 Å². The molecule has 12 heavy (non-hydrogen) atoms. The molecule has 0 spiro atoms. The van der Waals surface area contributed by atoms with Crippen LogP contribution in [-0.2, 0) is 14.3 Å². The summed E-state index contributed by atoms with van der Waals surface area (Å²) in [5.74, 6) is -1.96. The number of ether oxygens (including phenoxy) is 1. The zero-order valence-corrected chi connectivity index (χ0v) is 7.11. The van der Waals surface area contributed by atoms with Gasteiger partial charge in [0.25, 0.3) is 0 Å². The number of carbonyl (C=O) groups is 2. The Morgan fingerprint density at radius 3 is 2.42 bits per heavy atom. The largest absolute Gasteiger partial charge is 0.480 e. The first-order chi connectivity index (χ1) is 5.49. The molecule has 0 aliphatic heterocycles. The Morgan fingerprint density at radius 1 is 1.58 bits per heavy atom. The fourth-order valence-corrected chi connectivity index (χ4v) is 0.717. The van der Waals surface area contributed by atoms with E-state index >= 15 is 0 Å².